The molecular formula is C23H19N3OS2. The average molecular weight is 418 g/mol. The summed E-state index contributed by atoms with van der Waals surface area (Å²) < 4.78 is 0. The van der Waals surface area contributed by atoms with Gasteiger partial charge in [-0.15, -0.1) is 21.5 Å². The molecule has 6 heteroatoms. The predicted molar refractivity (Wildman–Crippen MR) is 119 cm³/mol. The van der Waals surface area contributed by atoms with Crippen molar-refractivity contribution in [3.8, 4) is 11.3 Å². The van der Waals surface area contributed by atoms with Crippen molar-refractivity contribution in [3.63, 3.8) is 0 Å². The third kappa shape index (κ3) is 3.66. The summed E-state index contributed by atoms with van der Waals surface area (Å²) in [6.45, 7) is 1.52. The quantitative estimate of drug-likeness (QED) is 0.437. The monoisotopic (exact) mass is 417 g/mol. The average Bonchev–Trinajstić information content (AvgIpc) is 3.26. The Bertz CT molecular complexity index is 1170. The Morgan fingerprint density at radius 3 is 2.66 bits per heavy atom. The van der Waals surface area contributed by atoms with Crippen LogP contribution in [0.1, 0.15) is 10.4 Å². The number of benzene rings is 2. The molecule has 2 aromatic heterocycles. The van der Waals surface area contributed by atoms with Crippen LogP contribution in [0.15, 0.2) is 71.1 Å². The number of carbonyl (C=O) groups excluding carboxylic acids is 1. The predicted octanol–water partition coefficient (Wildman–Crippen LogP) is 5.04. The van der Waals surface area contributed by atoms with Gasteiger partial charge in [0, 0.05) is 34.3 Å². The van der Waals surface area contributed by atoms with Gasteiger partial charge in [0.15, 0.2) is 0 Å². The largest absolute Gasteiger partial charge is 0.337 e. The Kier molecular flexibility index (Phi) is 5.04. The van der Waals surface area contributed by atoms with E-state index in [1.165, 1.54) is 22.2 Å². The van der Waals surface area contributed by atoms with Gasteiger partial charge in [-0.3, -0.25) is 4.79 Å². The lowest BCUT2D eigenvalue weighted by Crippen LogP contribution is -2.36. The highest BCUT2D eigenvalue weighted by Crippen LogP contribution is 2.32. The molecule has 0 N–H and O–H groups in total. The first-order valence-electron chi connectivity index (χ1n) is 9.56. The fourth-order valence-corrected chi connectivity index (χ4v) is 5.44. The number of thiophene rings is 1. The third-order valence-electron chi connectivity index (χ3n) is 5.19. The number of amides is 1. The van der Waals surface area contributed by atoms with Crippen LogP contribution in [0.4, 0.5) is 0 Å². The molecule has 1 amide bonds. The van der Waals surface area contributed by atoms with Crippen molar-refractivity contribution in [2.75, 3.05) is 12.3 Å². The summed E-state index contributed by atoms with van der Waals surface area (Å²) in [6, 6.07) is 20.4. The topological polar surface area (TPSA) is 46.1 Å². The molecule has 144 valence electrons. The Labute approximate surface area is 177 Å². The van der Waals surface area contributed by atoms with Crippen molar-refractivity contribution < 1.29 is 4.79 Å². The minimum atomic E-state index is 0.157. The second kappa shape index (κ2) is 7.97. The van der Waals surface area contributed by atoms with Gasteiger partial charge in [-0.2, -0.15) is 0 Å². The molecule has 0 radical (unpaired) electrons. The van der Waals surface area contributed by atoms with Crippen molar-refractivity contribution in [2.24, 2.45) is 0 Å². The second-order valence-electron chi connectivity index (χ2n) is 6.99. The molecule has 4 aromatic rings. The fraction of sp³-hybridized carbons (Fsp3) is 0.174. The molecule has 3 heterocycles. The van der Waals surface area contributed by atoms with Gasteiger partial charge in [0.05, 0.1) is 5.75 Å². The van der Waals surface area contributed by atoms with E-state index in [1.807, 2.05) is 47.4 Å². The molecule has 0 fully saturated rings. The summed E-state index contributed by atoms with van der Waals surface area (Å²) >= 11 is 3.27. The fourth-order valence-electron chi connectivity index (χ4n) is 3.68. The van der Waals surface area contributed by atoms with E-state index in [2.05, 4.69) is 33.8 Å². The highest BCUT2D eigenvalue weighted by Gasteiger charge is 2.22. The Hall–Kier alpha value is -2.70. The summed E-state index contributed by atoms with van der Waals surface area (Å²) in [5.41, 5.74) is 3.21. The van der Waals surface area contributed by atoms with Gasteiger partial charge in [0.25, 0.3) is 0 Å². The lowest BCUT2D eigenvalue weighted by molar-refractivity contribution is -0.129. The summed E-state index contributed by atoms with van der Waals surface area (Å²) in [5.74, 6) is 0.535. The minimum absolute atomic E-state index is 0.157. The second-order valence-corrected chi connectivity index (χ2v) is 8.95. The maximum Gasteiger partial charge on any atom is 0.233 e. The Morgan fingerprint density at radius 1 is 1.00 bits per heavy atom. The molecule has 5 rings (SSSR count). The molecular weight excluding hydrogens is 398 g/mol. The smallest absolute Gasteiger partial charge is 0.233 e. The maximum atomic E-state index is 12.8. The first kappa shape index (κ1) is 18.3. The van der Waals surface area contributed by atoms with Crippen LogP contribution in [0.25, 0.3) is 22.0 Å². The van der Waals surface area contributed by atoms with Gasteiger partial charge >= 0.3 is 0 Å². The van der Waals surface area contributed by atoms with Crippen molar-refractivity contribution in [1.82, 2.24) is 15.1 Å². The van der Waals surface area contributed by atoms with Crippen LogP contribution in [0.3, 0.4) is 0 Å². The molecule has 0 bridgehead atoms. The van der Waals surface area contributed by atoms with Gasteiger partial charge in [-0.1, -0.05) is 66.4 Å². The van der Waals surface area contributed by atoms with E-state index < -0.39 is 0 Å². The zero-order valence-electron chi connectivity index (χ0n) is 15.7. The van der Waals surface area contributed by atoms with Crippen LogP contribution >= 0.6 is 23.1 Å². The van der Waals surface area contributed by atoms with Crippen molar-refractivity contribution >= 4 is 39.8 Å². The standard InChI is InChI=1S/C23H19N3OS2/c27-21(26-12-10-20-17(14-26)11-13-28-20)15-29-23-19-9-5-4-8-18(19)22(24-25-23)16-6-2-1-3-7-16/h1-9,11,13H,10,12,14-15H2. The highest BCUT2D eigenvalue weighted by molar-refractivity contribution is 8.00. The normalized spacial score (nSPS) is 13.4. The summed E-state index contributed by atoms with van der Waals surface area (Å²) in [7, 11) is 0. The molecule has 0 spiro atoms. The number of aromatic nitrogens is 2. The SMILES string of the molecule is O=C(CSc1nnc(-c2ccccc2)c2ccccc12)N1CCc2sccc2C1. The van der Waals surface area contributed by atoms with Crippen LogP contribution in [-0.2, 0) is 17.8 Å². The molecule has 0 aliphatic carbocycles. The Balaban J connectivity index is 1.37. The van der Waals surface area contributed by atoms with Gasteiger partial charge in [-0.25, -0.2) is 0 Å². The van der Waals surface area contributed by atoms with Gasteiger partial charge < -0.3 is 4.90 Å². The number of fused-ring (bicyclic) bond motifs is 2. The van der Waals surface area contributed by atoms with Crippen molar-refractivity contribution in [1.29, 1.82) is 0 Å². The molecule has 0 saturated heterocycles. The van der Waals surface area contributed by atoms with Gasteiger partial charge in [0.2, 0.25) is 5.91 Å². The zero-order chi connectivity index (χ0) is 19.6. The highest BCUT2D eigenvalue weighted by atomic mass is 32.2. The van der Waals surface area contributed by atoms with Crippen molar-refractivity contribution in [2.45, 2.75) is 18.0 Å². The van der Waals surface area contributed by atoms with Crippen LogP contribution in [-0.4, -0.2) is 33.3 Å². The summed E-state index contributed by atoms with van der Waals surface area (Å²) in [4.78, 5) is 16.2. The molecule has 0 unspecified atom stereocenters. The minimum Gasteiger partial charge on any atom is -0.337 e. The van der Waals surface area contributed by atoms with E-state index in [9.17, 15) is 4.79 Å². The third-order valence-corrected chi connectivity index (χ3v) is 7.18. The molecule has 1 aliphatic rings. The van der Waals surface area contributed by atoms with Crippen LogP contribution in [0.5, 0.6) is 0 Å². The van der Waals surface area contributed by atoms with Gasteiger partial charge in [0.1, 0.15) is 10.7 Å². The maximum absolute atomic E-state index is 12.8. The van der Waals surface area contributed by atoms with E-state index in [1.54, 1.807) is 11.3 Å². The van der Waals surface area contributed by atoms with Crippen LogP contribution in [0.2, 0.25) is 0 Å². The van der Waals surface area contributed by atoms with Crippen LogP contribution < -0.4 is 0 Å². The number of nitrogens with zero attached hydrogens (tertiary/aromatic N) is 3. The lowest BCUT2D eigenvalue weighted by atomic mass is 10.1. The van der Waals surface area contributed by atoms with Crippen LogP contribution in [0, 0.1) is 0 Å². The van der Waals surface area contributed by atoms with E-state index in [4.69, 9.17) is 0 Å². The Morgan fingerprint density at radius 2 is 1.79 bits per heavy atom. The molecule has 4 nitrogen and oxygen atoms in total. The molecule has 1 aliphatic heterocycles. The van der Waals surface area contributed by atoms with E-state index >= 15 is 0 Å². The number of rotatable bonds is 4. The van der Waals surface area contributed by atoms with E-state index in [0.29, 0.717) is 5.75 Å². The first-order chi connectivity index (χ1) is 14.3. The number of hydrogen-bond donors (Lipinski definition) is 0. The molecule has 0 atom stereocenters. The molecule has 2 aromatic carbocycles. The zero-order valence-corrected chi connectivity index (χ0v) is 17.4. The summed E-state index contributed by atoms with van der Waals surface area (Å²) in [5, 5.41) is 14.0. The number of hydrogen-bond acceptors (Lipinski definition) is 5. The number of thioether (sulfide) groups is 1. The van der Waals surface area contributed by atoms with Crippen molar-refractivity contribution in [3.05, 3.63) is 76.5 Å². The first-order valence-corrected chi connectivity index (χ1v) is 11.4. The van der Waals surface area contributed by atoms with E-state index in [-0.39, 0.29) is 5.91 Å². The van der Waals surface area contributed by atoms with Gasteiger partial charge in [-0.05, 0) is 23.4 Å². The number of carbonyl (C=O) groups is 1. The molecule has 0 saturated carbocycles. The molecule has 29 heavy (non-hydrogen) atoms. The van der Waals surface area contributed by atoms with E-state index in [0.717, 1.165) is 46.6 Å². The lowest BCUT2D eigenvalue weighted by Gasteiger charge is -2.26. The summed E-state index contributed by atoms with van der Waals surface area (Å²) in [6.07, 6.45) is 0.956.